The topological polar surface area (TPSA) is 67.4 Å². The molecular formula is C18H17BrN2O3. The van der Waals surface area contributed by atoms with Crippen LogP contribution in [0.15, 0.2) is 40.9 Å². The molecule has 3 rings (SSSR count). The van der Waals surface area contributed by atoms with E-state index in [2.05, 4.69) is 26.6 Å². The lowest BCUT2D eigenvalue weighted by atomic mass is 10.0. The Bertz CT molecular complexity index is 805. The molecule has 0 bridgehead atoms. The number of halogens is 1. The van der Waals surface area contributed by atoms with Crippen molar-refractivity contribution in [3.63, 3.8) is 0 Å². The van der Waals surface area contributed by atoms with E-state index in [1.54, 1.807) is 12.1 Å². The van der Waals surface area contributed by atoms with Gasteiger partial charge in [0, 0.05) is 22.3 Å². The molecule has 1 aliphatic heterocycles. The van der Waals surface area contributed by atoms with Gasteiger partial charge in [-0.3, -0.25) is 9.59 Å². The molecule has 2 N–H and O–H groups in total. The zero-order valence-corrected chi connectivity index (χ0v) is 14.8. The summed E-state index contributed by atoms with van der Waals surface area (Å²) in [5.41, 5.74) is 3.62. The Morgan fingerprint density at radius 2 is 2.08 bits per heavy atom. The molecule has 0 saturated carbocycles. The van der Waals surface area contributed by atoms with Crippen LogP contribution < -0.4 is 15.4 Å². The van der Waals surface area contributed by atoms with Gasteiger partial charge in [-0.25, -0.2) is 0 Å². The van der Waals surface area contributed by atoms with Crippen molar-refractivity contribution in [1.82, 2.24) is 0 Å². The molecule has 0 unspecified atom stereocenters. The lowest BCUT2D eigenvalue weighted by Gasteiger charge is -2.17. The van der Waals surface area contributed by atoms with E-state index in [1.165, 1.54) is 0 Å². The molecule has 2 aromatic carbocycles. The second-order valence-corrected chi connectivity index (χ2v) is 6.52. The van der Waals surface area contributed by atoms with Crippen molar-refractivity contribution in [3.8, 4) is 5.75 Å². The number of rotatable bonds is 4. The predicted octanol–water partition coefficient (Wildman–Crippen LogP) is 3.66. The molecule has 0 saturated heterocycles. The number of benzene rings is 2. The second-order valence-electron chi connectivity index (χ2n) is 5.67. The molecule has 0 atom stereocenters. The maximum atomic E-state index is 12.0. The second kappa shape index (κ2) is 7.05. The summed E-state index contributed by atoms with van der Waals surface area (Å²) in [6.45, 7) is 1.89. The van der Waals surface area contributed by atoms with E-state index >= 15 is 0 Å². The third-order valence-electron chi connectivity index (χ3n) is 3.78. The Hall–Kier alpha value is -2.34. The molecule has 1 heterocycles. The van der Waals surface area contributed by atoms with Crippen molar-refractivity contribution in [2.24, 2.45) is 0 Å². The number of amides is 2. The van der Waals surface area contributed by atoms with Crippen molar-refractivity contribution in [2.75, 3.05) is 17.2 Å². The summed E-state index contributed by atoms with van der Waals surface area (Å²) in [4.78, 5) is 23.4. The highest BCUT2D eigenvalue weighted by Crippen LogP contribution is 2.26. The van der Waals surface area contributed by atoms with E-state index in [0.29, 0.717) is 18.6 Å². The van der Waals surface area contributed by atoms with E-state index < -0.39 is 0 Å². The Balaban J connectivity index is 1.58. The normalized spacial score (nSPS) is 13.0. The molecular weight excluding hydrogens is 372 g/mol. The molecule has 0 aliphatic carbocycles. The third kappa shape index (κ3) is 3.94. The Kier molecular flexibility index (Phi) is 4.85. The monoisotopic (exact) mass is 388 g/mol. The lowest BCUT2D eigenvalue weighted by Crippen LogP contribution is -2.21. The van der Waals surface area contributed by atoms with Gasteiger partial charge in [0.2, 0.25) is 5.91 Å². The van der Waals surface area contributed by atoms with Crippen LogP contribution in [0.1, 0.15) is 17.5 Å². The molecule has 2 aromatic rings. The molecule has 0 aromatic heterocycles. The van der Waals surface area contributed by atoms with Gasteiger partial charge in [0.1, 0.15) is 5.75 Å². The number of carbonyl (C=O) groups is 2. The largest absolute Gasteiger partial charge is 0.484 e. The molecule has 6 heteroatoms. The van der Waals surface area contributed by atoms with Crippen LogP contribution in [0.2, 0.25) is 0 Å². The lowest BCUT2D eigenvalue weighted by molar-refractivity contribution is -0.118. The zero-order valence-electron chi connectivity index (χ0n) is 13.2. The first-order valence-electron chi connectivity index (χ1n) is 7.63. The summed E-state index contributed by atoms with van der Waals surface area (Å²) >= 11 is 3.43. The maximum Gasteiger partial charge on any atom is 0.262 e. The average Bonchev–Trinajstić information content (AvgIpc) is 2.56. The van der Waals surface area contributed by atoms with Crippen molar-refractivity contribution in [3.05, 3.63) is 52.0 Å². The molecule has 1 aliphatic rings. The SMILES string of the molecule is Cc1cc(NC(=O)COc2ccc3c(c2)CCC(=O)N3)ccc1Br. The minimum absolute atomic E-state index is 0.0281. The number of carbonyl (C=O) groups excluding carboxylic acids is 2. The van der Waals surface area contributed by atoms with Gasteiger partial charge < -0.3 is 15.4 Å². The number of nitrogens with one attached hydrogen (secondary N) is 2. The number of fused-ring (bicyclic) bond motifs is 1. The van der Waals surface area contributed by atoms with Crippen LogP contribution in [-0.4, -0.2) is 18.4 Å². The maximum absolute atomic E-state index is 12.0. The standard InChI is InChI=1S/C18H17BrN2O3/c1-11-8-13(3-5-15(11)19)20-18(23)10-24-14-4-6-16-12(9-14)2-7-17(22)21-16/h3-6,8-9H,2,7,10H2,1H3,(H,20,23)(H,21,22). The summed E-state index contributed by atoms with van der Waals surface area (Å²) in [5, 5.41) is 5.62. The highest BCUT2D eigenvalue weighted by atomic mass is 79.9. The number of hydrogen-bond donors (Lipinski definition) is 2. The molecule has 2 amide bonds. The molecule has 5 nitrogen and oxygen atoms in total. The average molecular weight is 389 g/mol. The van der Waals surface area contributed by atoms with Crippen LogP contribution in [0.4, 0.5) is 11.4 Å². The van der Waals surface area contributed by atoms with Crippen molar-refractivity contribution in [1.29, 1.82) is 0 Å². The molecule has 0 fully saturated rings. The molecule has 24 heavy (non-hydrogen) atoms. The zero-order chi connectivity index (χ0) is 17.1. The van der Waals surface area contributed by atoms with Crippen molar-refractivity contribution in [2.45, 2.75) is 19.8 Å². The highest BCUT2D eigenvalue weighted by Gasteiger charge is 2.15. The van der Waals surface area contributed by atoms with Crippen LogP contribution in [0, 0.1) is 6.92 Å². The summed E-state index contributed by atoms with van der Waals surface area (Å²) in [6.07, 6.45) is 1.16. The minimum atomic E-state index is -0.220. The van der Waals surface area contributed by atoms with E-state index in [0.717, 1.165) is 27.0 Å². The summed E-state index contributed by atoms with van der Waals surface area (Å²) in [6, 6.07) is 11.0. The molecule has 124 valence electrons. The molecule has 0 spiro atoms. The first kappa shape index (κ1) is 16.5. The van der Waals surface area contributed by atoms with Crippen LogP contribution >= 0.6 is 15.9 Å². The quantitative estimate of drug-likeness (QED) is 0.839. The Labute approximate surface area is 148 Å². The van der Waals surface area contributed by atoms with Crippen LogP contribution in [0.3, 0.4) is 0 Å². The summed E-state index contributed by atoms with van der Waals surface area (Å²) in [7, 11) is 0. The first-order chi connectivity index (χ1) is 11.5. The van der Waals surface area contributed by atoms with Gasteiger partial charge in [-0.15, -0.1) is 0 Å². The fraction of sp³-hybridized carbons (Fsp3) is 0.222. The smallest absolute Gasteiger partial charge is 0.262 e. The highest BCUT2D eigenvalue weighted by molar-refractivity contribution is 9.10. The summed E-state index contributed by atoms with van der Waals surface area (Å²) in [5.74, 6) is 0.426. The first-order valence-corrected chi connectivity index (χ1v) is 8.42. The van der Waals surface area contributed by atoms with E-state index in [-0.39, 0.29) is 18.4 Å². The van der Waals surface area contributed by atoms with Gasteiger partial charge in [0.05, 0.1) is 0 Å². The van der Waals surface area contributed by atoms with Gasteiger partial charge in [0.15, 0.2) is 6.61 Å². The van der Waals surface area contributed by atoms with Gasteiger partial charge in [0.25, 0.3) is 5.91 Å². The fourth-order valence-corrected chi connectivity index (χ4v) is 2.76. The van der Waals surface area contributed by atoms with E-state index in [1.807, 2.05) is 31.2 Å². The number of hydrogen-bond acceptors (Lipinski definition) is 3. The molecule has 0 radical (unpaired) electrons. The number of aryl methyl sites for hydroxylation is 2. The van der Waals surface area contributed by atoms with E-state index in [9.17, 15) is 9.59 Å². The van der Waals surface area contributed by atoms with E-state index in [4.69, 9.17) is 4.74 Å². The Morgan fingerprint density at radius 1 is 1.25 bits per heavy atom. The minimum Gasteiger partial charge on any atom is -0.484 e. The van der Waals surface area contributed by atoms with Crippen molar-refractivity contribution >= 4 is 39.1 Å². The van der Waals surface area contributed by atoms with Crippen LogP contribution in [-0.2, 0) is 16.0 Å². The van der Waals surface area contributed by atoms with Gasteiger partial charge in [-0.1, -0.05) is 15.9 Å². The van der Waals surface area contributed by atoms with Crippen LogP contribution in [0.25, 0.3) is 0 Å². The predicted molar refractivity (Wildman–Crippen MR) is 96.4 cm³/mol. The number of anilines is 2. The van der Waals surface area contributed by atoms with Gasteiger partial charge in [-0.2, -0.15) is 0 Å². The van der Waals surface area contributed by atoms with Crippen molar-refractivity contribution < 1.29 is 14.3 Å². The fourth-order valence-electron chi connectivity index (χ4n) is 2.52. The van der Waals surface area contributed by atoms with Gasteiger partial charge in [-0.05, 0) is 60.9 Å². The number of ether oxygens (including phenoxy) is 1. The third-order valence-corrected chi connectivity index (χ3v) is 4.67. The van der Waals surface area contributed by atoms with Gasteiger partial charge >= 0.3 is 0 Å². The Morgan fingerprint density at radius 3 is 2.88 bits per heavy atom. The summed E-state index contributed by atoms with van der Waals surface area (Å²) < 4.78 is 6.55. The van der Waals surface area contributed by atoms with Crippen LogP contribution in [0.5, 0.6) is 5.75 Å².